The second-order valence-electron chi connectivity index (χ2n) is 8.37. The fraction of sp³-hybridized carbons (Fsp3) is 0.292. The molecule has 0 aromatic heterocycles. The van der Waals surface area contributed by atoms with Crippen molar-refractivity contribution in [1.29, 1.82) is 0 Å². The third-order valence-corrected chi connectivity index (χ3v) is 8.16. The minimum atomic E-state index is -3.84. The summed E-state index contributed by atoms with van der Waals surface area (Å²) < 4.78 is 28.6. The van der Waals surface area contributed by atoms with Gasteiger partial charge in [-0.05, 0) is 84.6 Å². The van der Waals surface area contributed by atoms with Crippen LogP contribution in [-0.4, -0.2) is 34.0 Å². The number of fused-ring (bicyclic) bond motifs is 2. The standard InChI is InChI=1S/C24H24ClN3O3S/c1-26-22-9-4-17-13-19(6-8-21(17)22)28-11-10-23(24(28)29)27-32(30,31)20-7-3-15-12-18(25)5-2-16(15)14-20/h2-3,5-8,12-14,22-23,26-27H,4,9-11H2,1H3/t22?,23-/m0/s1. The number of carbonyl (C=O) groups is 1. The summed E-state index contributed by atoms with van der Waals surface area (Å²) in [5.74, 6) is -0.218. The third-order valence-electron chi connectivity index (χ3n) is 6.45. The van der Waals surface area contributed by atoms with Gasteiger partial charge in [-0.2, -0.15) is 4.72 Å². The van der Waals surface area contributed by atoms with E-state index in [-0.39, 0.29) is 10.8 Å². The Kier molecular flexibility index (Phi) is 5.45. The molecule has 8 heteroatoms. The molecular weight excluding hydrogens is 446 g/mol. The molecule has 0 spiro atoms. The molecule has 3 aromatic rings. The number of nitrogens with one attached hydrogen (secondary N) is 2. The Labute approximate surface area is 192 Å². The Balaban J connectivity index is 1.35. The van der Waals surface area contributed by atoms with Crippen LogP contribution in [0.5, 0.6) is 0 Å². The van der Waals surface area contributed by atoms with E-state index < -0.39 is 16.1 Å². The van der Waals surface area contributed by atoms with E-state index >= 15 is 0 Å². The van der Waals surface area contributed by atoms with Gasteiger partial charge in [-0.15, -0.1) is 0 Å². The largest absolute Gasteiger partial charge is 0.313 e. The van der Waals surface area contributed by atoms with Crippen molar-refractivity contribution in [2.75, 3.05) is 18.5 Å². The number of nitrogens with zero attached hydrogens (tertiary/aromatic N) is 1. The molecule has 0 bridgehead atoms. The van der Waals surface area contributed by atoms with Gasteiger partial charge in [-0.25, -0.2) is 8.42 Å². The Morgan fingerprint density at radius 1 is 0.969 bits per heavy atom. The minimum Gasteiger partial charge on any atom is -0.313 e. The van der Waals surface area contributed by atoms with Crippen molar-refractivity contribution in [3.63, 3.8) is 0 Å². The van der Waals surface area contributed by atoms with Crippen molar-refractivity contribution in [3.05, 3.63) is 70.7 Å². The lowest BCUT2D eigenvalue weighted by Crippen LogP contribution is -2.41. The number of halogens is 1. The molecule has 3 aromatic carbocycles. The molecule has 1 saturated heterocycles. The molecule has 2 aliphatic rings. The van der Waals surface area contributed by atoms with Gasteiger partial charge in [-0.3, -0.25) is 4.79 Å². The van der Waals surface area contributed by atoms with Gasteiger partial charge in [0.15, 0.2) is 0 Å². The van der Waals surface area contributed by atoms with Crippen LogP contribution in [-0.2, 0) is 21.2 Å². The van der Waals surface area contributed by atoms with Crippen LogP contribution in [0.4, 0.5) is 5.69 Å². The molecule has 1 heterocycles. The van der Waals surface area contributed by atoms with E-state index in [0.29, 0.717) is 24.0 Å². The number of hydrogen-bond donors (Lipinski definition) is 2. The van der Waals surface area contributed by atoms with E-state index in [1.54, 1.807) is 35.2 Å². The first-order valence-electron chi connectivity index (χ1n) is 10.7. The summed E-state index contributed by atoms with van der Waals surface area (Å²) in [5.41, 5.74) is 3.35. The smallest absolute Gasteiger partial charge is 0.245 e. The Morgan fingerprint density at radius 3 is 2.56 bits per heavy atom. The van der Waals surface area contributed by atoms with Gasteiger partial charge >= 0.3 is 0 Å². The molecule has 2 atom stereocenters. The Hall–Kier alpha value is -2.45. The SMILES string of the molecule is CNC1CCc2cc(N3CC[C@H](NS(=O)(=O)c4ccc5cc(Cl)ccc5c4)C3=O)ccc21. The number of hydrogen-bond acceptors (Lipinski definition) is 4. The third kappa shape index (κ3) is 3.79. The van der Waals surface area contributed by atoms with E-state index in [4.69, 9.17) is 11.6 Å². The average Bonchev–Trinajstić information content (AvgIpc) is 3.35. The van der Waals surface area contributed by atoms with Crippen molar-refractivity contribution in [2.45, 2.75) is 36.2 Å². The van der Waals surface area contributed by atoms with Crippen molar-refractivity contribution < 1.29 is 13.2 Å². The molecule has 166 valence electrons. The zero-order valence-corrected chi connectivity index (χ0v) is 19.2. The first-order chi connectivity index (χ1) is 15.4. The van der Waals surface area contributed by atoms with Crippen LogP contribution in [0.25, 0.3) is 10.8 Å². The van der Waals surface area contributed by atoms with E-state index in [0.717, 1.165) is 29.3 Å². The topological polar surface area (TPSA) is 78.5 Å². The number of anilines is 1. The molecule has 1 amide bonds. The van der Waals surface area contributed by atoms with Gasteiger partial charge in [-0.1, -0.05) is 29.8 Å². The van der Waals surface area contributed by atoms with Crippen LogP contribution >= 0.6 is 11.6 Å². The highest BCUT2D eigenvalue weighted by Gasteiger charge is 2.36. The molecule has 1 unspecified atom stereocenters. The monoisotopic (exact) mass is 469 g/mol. The van der Waals surface area contributed by atoms with Crippen LogP contribution in [0.15, 0.2) is 59.5 Å². The van der Waals surface area contributed by atoms with Crippen molar-refractivity contribution in [3.8, 4) is 0 Å². The lowest BCUT2D eigenvalue weighted by molar-refractivity contribution is -0.118. The summed E-state index contributed by atoms with van der Waals surface area (Å²) >= 11 is 6.01. The minimum absolute atomic E-state index is 0.134. The lowest BCUT2D eigenvalue weighted by atomic mass is 10.1. The average molecular weight is 470 g/mol. The van der Waals surface area contributed by atoms with Gasteiger partial charge < -0.3 is 10.2 Å². The van der Waals surface area contributed by atoms with E-state index in [2.05, 4.69) is 22.2 Å². The van der Waals surface area contributed by atoms with Crippen molar-refractivity contribution >= 4 is 44.0 Å². The molecule has 6 nitrogen and oxygen atoms in total. The number of carbonyl (C=O) groups excluding carboxylic acids is 1. The van der Waals surface area contributed by atoms with E-state index in [1.807, 2.05) is 13.1 Å². The number of rotatable bonds is 5. The predicted octanol–water partition coefficient (Wildman–Crippen LogP) is 3.78. The van der Waals surface area contributed by atoms with Crippen LogP contribution in [0.2, 0.25) is 5.02 Å². The van der Waals surface area contributed by atoms with E-state index in [9.17, 15) is 13.2 Å². The molecule has 0 radical (unpaired) electrons. The van der Waals surface area contributed by atoms with Crippen molar-refractivity contribution in [2.24, 2.45) is 0 Å². The molecular formula is C24H24ClN3O3S. The van der Waals surface area contributed by atoms with Gasteiger partial charge in [0, 0.05) is 23.3 Å². The highest BCUT2D eigenvalue weighted by molar-refractivity contribution is 7.89. The molecule has 32 heavy (non-hydrogen) atoms. The van der Waals surface area contributed by atoms with Crippen LogP contribution in [0.3, 0.4) is 0 Å². The van der Waals surface area contributed by atoms with Crippen LogP contribution in [0.1, 0.15) is 30.0 Å². The fourth-order valence-electron chi connectivity index (χ4n) is 4.73. The van der Waals surface area contributed by atoms with Crippen LogP contribution < -0.4 is 14.9 Å². The summed E-state index contributed by atoms with van der Waals surface area (Å²) in [6, 6.07) is 15.8. The Bertz CT molecular complexity index is 1330. The van der Waals surface area contributed by atoms with Gasteiger partial charge in [0.25, 0.3) is 0 Å². The summed E-state index contributed by atoms with van der Waals surface area (Å²) in [6.07, 6.45) is 2.45. The number of aryl methyl sites for hydroxylation is 1. The number of sulfonamides is 1. The zero-order chi connectivity index (χ0) is 22.5. The molecule has 2 N–H and O–H groups in total. The van der Waals surface area contributed by atoms with Gasteiger partial charge in [0.2, 0.25) is 15.9 Å². The van der Waals surface area contributed by atoms with Gasteiger partial charge in [0.1, 0.15) is 6.04 Å². The van der Waals surface area contributed by atoms with Crippen molar-refractivity contribution in [1.82, 2.24) is 10.0 Å². The predicted molar refractivity (Wildman–Crippen MR) is 127 cm³/mol. The molecule has 0 saturated carbocycles. The van der Waals surface area contributed by atoms with E-state index in [1.165, 1.54) is 17.2 Å². The fourth-order valence-corrected chi connectivity index (χ4v) is 6.17. The first-order valence-corrected chi connectivity index (χ1v) is 12.5. The summed E-state index contributed by atoms with van der Waals surface area (Å²) in [5, 5.41) is 5.54. The lowest BCUT2D eigenvalue weighted by Gasteiger charge is -2.19. The maximum Gasteiger partial charge on any atom is 0.245 e. The molecule has 1 aliphatic heterocycles. The first kappa shape index (κ1) is 21.4. The highest BCUT2D eigenvalue weighted by Crippen LogP contribution is 2.34. The maximum atomic E-state index is 13.1. The summed E-state index contributed by atoms with van der Waals surface area (Å²) in [4.78, 5) is 14.9. The van der Waals surface area contributed by atoms with Crippen LogP contribution in [0, 0.1) is 0 Å². The quantitative estimate of drug-likeness (QED) is 0.596. The number of benzene rings is 3. The summed E-state index contributed by atoms with van der Waals surface area (Å²) in [7, 11) is -1.89. The van der Waals surface area contributed by atoms with Gasteiger partial charge in [0.05, 0.1) is 4.90 Å². The number of amides is 1. The maximum absolute atomic E-state index is 13.1. The molecule has 1 fully saturated rings. The Morgan fingerprint density at radius 2 is 1.75 bits per heavy atom. The summed E-state index contributed by atoms with van der Waals surface area (Å²) in [6.45, 7) is 0.483. The second-order valence-corrected chi connectivity index (χ2v) is 10.5. The zero-order valence-electron chi connectivity index (χ0n) is 17.6. The molecule has 5 rings (SSSR count). The molecule has 1 aliphatic carbocycles. The second kappa shape index (κ2) is 8.15. The highest BCUT2D eigenvalue weighted by atomic mass is 35.5. The normalized spacial score (nSPS) is 20.8.